The maximum Gasteiger partial charge on any atom is 0.326 e. The maximum atomic E-state index is 12.2. The lowest BCUT2D eigenvalue weighted by atomic mass is 10.1. The number of likely N-dealkylation sites (tertiary alicyclic amines) is 1. The highest BCUT2D eigenvalue weighted by Gasteiger charge is 2.34. The molecule has 1 aliphatic heterocycles. The lowest BCUT2D eigenvalue weighted by molar-refractivity contribution is -0.141. The first kappa shape index (κ1) is 12.3. The van der Waals surface area contributed by atoms with Gasteiger partial charge >= 0.3 is 5.97 Å². The summed E-state index contributed by atoms with van der Waals surface area (Å²) in [5.74, 6) is -1.32. The second kappa shape index (κ2) is 4.64. The van der Waals surface area contributed by atoms with Gasteiger partial charge in [-0.15, -0.1) is 0 Å². The molecule has 1 saturated heterocycles. The van der Waals surface area contributed by atoms with Crippen LogP contribution in [-0.4, -0.2) is 39.5 Å². The maximum absolute atomic E-state index is 12.2. The van der Waals surface area contributed by atoms with Gasteiger partial charge in [-0.25, -0.2) is 4.79 Å². The molecule has 1 atom stereocenters. The molecule has 0 aromatic carbocycles. The summed E-state index contributed by atoms with van der Waals surface area (Å²) < 4.78 is 0. The molecule has 1 aliphatic rings. The largest absolute Gasteiger partial charge is 0.480 e. The number of amides is 1. The number of aromatic nitrogens is 1. The third-order valence-corrected chi connectivity index (χ3v) is 3.16. The Labute approximate surface area is 103 Å². The minimum Gasteiger partial charge on any atom is -0.480 e. The number of aliphatic carboxylic acids is 1. The van der Waals surface area contributed by atoms with Crippen LogP contribution >= 0.6 is 0 Å². The first-order valence-corrected chi connectivity index (χ1v) is 5.74. The fourth-order valence-electron chi connectivity index (χ4n) is 2.22. The van der Waals surface area contributed by atoms with Crippen molar-refractivity contribution < 1.29 is 14.7 Å². The van der Waals surface area contributed by atoms with E-state index in [-0.39, 0.29) is 11.5 Å². The summed E-state index contributed by atoms with van der Waals surface area (Å²) in [6.07, 6.45) is 2.51. The molecular weight excluding hydrogens is 236 g/mol. The topological polar surface area (TPSA) is 90.5 Å². The SMILES string of the molecule is Cc1cc(=O)[nH]cc1C(=O)N1CCC[C@@H]1C(=O)O. The number of rotatable bonds is 2. The Hall–Kier alpha value is -2.11. The predicted molar refractivity (Wildman–Crippen MR) is 63.5 cm³/mol. The van der Waals surface area contributed by atoms with Crippen molar-refractivity contribution in [2.24, 2.45) is 0 Å². The van der Waals surface area contributed by atoms with Gasteiger partial charge in [-0.2, -0.15) is 0 Å². The number of carboxylic acid groups (broad SMARTS) is 1. The molecule has 0 spiro atoms. The number of nitrogens with one attached hydrogen (secondary N) is 1. The molecule has 2 N–H and O–H groups in total. The Balaban J connectivity index is 2.31. The van der Waals surface area contributed by atoms with Gasteiger partial charge in [0.25, 0.3) is 5.91 Å². The standard InChI is InChI=1S/C12H14N2O4/c1-7-5-10(15)13-6-8(7)11(16)14-4-2-3-9(14)12(17)18/h5-6,9H,2-4H2,1H3,(H,13,15)(H,17,18)/t9-/m1/s1. The summed E-state index contributed by atoms with van der Waals surface area (Å²) in [5.41, 5.74) is 0.628. The van der Waals surface area contributed by atoms with E-state index < -0.39 is 12.0 Å². The molecule has 1 aromatic heterocycles. The number of hydrogen-bond acceptors (Lipinski definition) is 3. The van der Waals surface area contributed by atoms with Gasteiger partial charge < -0.3 is 15.0 Å². The number of hydrogen-bond donors (Lipinski definition) is 2. The van der Waals surface area contributed by atoms with Crippen LogP contribution in [0.2, 0.25) is 0 Å². The van der Waals surface area contributed by atoms with Crippen molar-refractivity contribution in [3.8, 4) is 0 Å². The number of carbonyl (C=O) groups is 2. The van der Waals surface area contributed by atoms with Crippen molar-refractivity contribution >= 4 is 11.9 Å². The fourth-order valence-corrected chi connectivity index (χ4v) is 2.22. The van der Waals surface area contributed by atoms with Gasteiger partial charge in [0.1, 0.15) is 6.04 Å². The molecule has 0 radical (unpaired) electrons. The van der Waals surface area contributed by atoms with E-state index in [1.54, 1.807) is 6.92 Å². The Bertz CT molecular complexity index is 549. The Morgan fingerprint density at radius 1 is 1.50 bits per heavy atom. The summed E-state index contributed by atoms with van der Waals surface area (Å²) in [6.45, 7) is 2.10. The Morgan fingerprint density at radius 2 is 2.22 bits per heavy atom. The molecule has 1 aromatic rings. The first-order valence-electron chi connectivity index (χ1n) is 5.74. The van der Waals surface area contributed by atoms with Crippen molar-refractivity contribution in [3.63, 3.8) is 0 Å². The minimum absolute atomic E-state index is 0.278. The number of carboxylic acids is 1. The van der Waals surface area contributed by atoms with Crippen LogP contribution in [0, 0.1) is 6.92 Å². The van der Waals surface area contributed by atoms with Gasteiger partial charge in [-0.1, -0.05) is 0 Å². The number of aryl methyl sites for hydroxylation is 1. The van der Waals surface area contributed by atoms with E-state index in [1.165, 1.54) is 17.2 Å². The van der Waals surface area contributed by atoms with Crippen LogP contribution in [0.5, 0.6) is 0 Å². The number of H-pyrrole nitrogens is 1. The van der Waals surface area contributed by atoms with Gasteiger partial charge in [0.2, 0.25) is 5.56 Å². The second-order valence-corrected chi connectivity index (χ2v) is 4.39. The quantitative estimate of drug-likeness (QED) is 0.793. The third kappa shape index (κ3) is 2.13. The van der Waals surface area contributed by atoms with E-state index in [2.05, 4.69) is 4.98 Å². The Kier molecular flexibility index (Phi) is 3.18. The highest BCUT2D eigenvalue weighted by Crippen LogP contribution is 2.20. The average Bonchev–Trinajstić information content (AvgIpc) is 2.77. The molecule has 6 nitrogen and oxygen atoms in total. The van der Waals surface area contributed by atoms with Crippen molar-refractivity contribution in [3.05, 3.63) is 33.7 Å². The van der Waals surface area contributed by atoms with Gasteiger partial charge in [0, 0.05) is 18.8 Å². The van der Waals surface area contributed by atoms with Crippen LogP contribution in [0.3, 0.4) is 0 Å². The zero-order valence-electron chi connectivity index (χ0n) is 9.97. The van der Waals surface area contributed by atoms with Gasteiger partial charge in [0.05, 0.1) is 5.56 Å². The summed E-state index contributed by atoms with van der Waals surface area (Å²) in [4.78, 5) is 38.1. The summed E-state index contributed by atoms with van der Waals surface area (Å²) >= 11 is 0. The number of nitrogens with zero attached hydrogens (tertiary/aromatic N) is 1. The van der Waals surface area contributed by atoms with E-state index in [9.17, 15) is 14.4 Å². The number of pyridine rings is 1. The Morgan fingerprint density at radius 3 is 2.83 bits per heavy atom. The van der Waals surface area contributed by atoms with Gasteiger partial charge in [-0.3, -0.25) is 9.59 Å². The van der Waals surface area contributed by atoms with E-state index >= 15 is 0 Å². The molecule has 6 heteroatoms. The lowest BCUT2D eigenvalue weighted by Gasteiger charge is -2.22. The van der Waals surface area contributed by atoms with E-state index in [1.807, 2.05) is 0 Å². The molecule has 1 fully saturated rings. The second-order valence-electron chi connectivity index (χ2n) is 4.39. The molecular formula is C12H14N2O4. The lowest BCUT2D eigenvalue weighted by Crippen LogP contribution is -2.40. The van der Waals surface area contributed by atoms with E-state index in [0.29, 0.717) is 30.5 Å². The van der Waals surface area contributed by atoms with E-state index in [4.69, 9.17) is 5.11 Å². The summed E-state index contributed by atoms with van der Waals surface area (Å²) in [6, 6.07) is 0.572. The van der Waals surface area contributed by atoms with Crippen LogP contribution < -0.4 is 5.56 Å². The predicted octanol–water partition coefficient (Wildman–Crippen LogP) is 0.373. The molecule has 2 heterocycles. The highest BCUT2D eigenvalue weighted by atomic mass is 16.4. The molecule has 18 heavy (non-hydrogen) atoms. The smallest absolute Gasteiger partial charge is 0.326 e. The minimum atomic E-state index is -0.983. The van der Waals surface area contributed by atoms with Crippen molar-refractivity contribution in [2.45, 2.75) is 25.8 Å². The van der Waals surface area contributed by atoms with Crippen molar-refractivity contribution in [1.82, 2.24) is 9.88 Å². The van der Waals surface area contributed by atoms with Crippen molar-refractivity contribution in [1.29, 1.82) is 0 Å². The van der Waals surface area contributed by atoms with Crippen LogP contribution in [0.4, 0.5) is 0 Å². The summed E-state index contributed by atoms with van der Waals surface area (Å²) in [7, 11) is 0. The van der Waals surface area contributed by atoms with E-state index in [0.717, 1.165) is 0 Å². The van der Waals surface area contributed by atoms with Crippen LogP contribution in [0.25, 0.3) is 0 Å². The van der Waals surface area contributed by atoms with Gasteiger partial charge in [0.15, 0.2) is 0 Å². The number of carbonyl (C=O) groups excluding carboxylic acids is 1. The third-order valence-electron chi connectivity index (χ3n) is 3.16. The van der Waals surface area contributed by atoms with Gasteiger partial charge in [-0.05, 0) is 25.3 Å². The highest BCUT2D eigenvalue weighted by molar-refractivity contribution is 5.97. The normalized spacial score (nSPS) is 18.9. The first-order chi connectivity index (χ1) is 8.50. The van der Waals surface area contributed by atoms with Crippen LogP contribution in [0.15, 0.2) is 17.1 Å². The monoisotopic (exact) mass is 250 g/mol. The zero-order valence-corrected chi connectivity index (χ0v) is 9.97. The molecule has 96 valence electrons. The average molecular weight is 250 g/mol. The molecule has 2 rings (SSSR count). The molecule has 0 saturated carbocycles. The summed E-state index contributed by atoms with van der Waals surface area (Å²) in [5, 5.41) is 9.04. The zero-order chi connectivity index (χ0) is 13.3. The molecule has 0 bridgehead atoms. The molecule has 1 amide bonds. The fraction of sp³-hybridized carbons (Fsp3) is 0.417. The van der Waals surface area contributed by atoms with Crippen LogP contribution in [-0.2, 0) is 4.79 Å². The number of aromatic amines is 1. The molecule has 0 aliphatic carbocycles. The van der Waals surface area contributed by atoms with Crippen LogP contribution in [0.1, 0.15) is 28.8 Å². The van der Waals surface area contributed by atoms with Crippen molar-refractivity contribution in [2.75, 3.05) is 6.54 Å². The molecule has 0 unspecified atom stereocenters.